The Morgan fingerprint density at radius 1 is 0.812 bits per heavy atom. The van der Waals surface area contributed by atoms with E-state index in [2.05, 4.69) is 23.8 Å². The standard InChI is InChI=1S/C22H18N2O6.C2H6/c1-13(21(27)28)7-8-14(2)23-19(25)17-5-3-4-6-18(17)20(26)24-16-11-9-15(10-12-16)22(29)30;1-2/h3-12H,1-2H2,(H,23,25)(H,24,26)(H,27,28)(H,29,30);1-2H3/b8-7-;. The highest BCUT2D eigenvalue weighted by Crippen LogP contribution is 2.15. The second-order valence-corrected chi connectivity index (χ2v) is 6.03. The van der Waals surface area contributed by atoms with Gasteiger partial charge in [-0.25, -0.2) is 9.59 Å². The Bertz CT molecular complexity index is 1070. The van der Waals surface area contributed by atoms with Crippen LogP contribution in [0.1, 0.15) is 44.9 Å². The van der Waals surface area contributed by atoms with Crippen molar-refractivity contribution in [3.8, 4) is 0 Å². The Hall–Kier alpha value is -4.46. The molecular formula is C24H24N2O6. The van der Waals surface area contributed by atoms with Crippen molar-refractivity contribution in [2.45, 2.75) is 13.8 Å². The molecule has 8 heteroatoms. The van der Waals surface area contributed by atoms with E-state index in [9.17, 15) is 19.2 Å². The molecule has 2 rings (SSSR count). The van der Waals surface area contributed by atoms with Crippen molar-refractivity contribution in [3.05, 3.63) is 102 Å². The lowest BCUT2D eigenvalue weighted by Crippen LogP contribution is -2.25. The summed E-state index contributed by atoms with van der Waals surface area (Å²) >= 11 is 0. The van der Waals surface area contributed by atoms with Gasteiger partial charge in [-0.15, -0.1) is 0 Å². The van der Waals surface area contributed by atoms with Gasteiger partial charge in [0.15, 0.2) is 0 Å². The van der Waals surface area contributed by atoms with Gasteiger partial charge in [-0.2, -0.15) is 0 Å². The van der Waals surface area contributed by atoms with Crippen molar-refractivity contribution in [1.29, 1.82) is 0 Å². The minimum atomic E-state index is -1.20. The number of hydrogen-bond acceptors (Lipinski definition) is 4. The Kier molecular flexibility index (Phi) is 9.82. The van der Waals surface area contributed by atoms with E-state index in [1.54, 1.807) is 12.1 Å². The molecule has 2 aromatic carbocycles. The van der Waals surface area contributed by atoms with Crippen LogP contribution < -0.4 is 10.6 Å². The number of carboxylic acids is 2. The molecule has 32 heavy (non-hydrogen) atoms. The largest absolute Gasteiger partial charge is 0.478 e. The van der Waals surface area contributed by atoms with Gasteiger partial charge >= 0.3 is 11.9 Å². The second-order valence-electron chi connectivity index (χ2n) is 6.03. The molecule has 0 saturated heterocycles. The third-order valence-corrected chi connectivity index (χ3v) is 3.84. The highest BCUT2D eigenvalue weighted by atomic mass is 16.4. The molecule has 2 aromatic rings. The smallest absolute Gasteiger partial charge is 0.335 e. The van der Waals surface area contributed by atoms with Crippen LogP contribution in [-0.2, 0) is 4.79 Å². The fourth-order valence-electron chi connectivity index (χ4n) is 2.30. The third-order valence-electron chi connectivity index (χ3n) is 3.84. The number of benzene rings is 2. The molecule has 0 fully saturated rings. The molecule has 0 bridgehead atoms. The fraction of sp³-hybridized carbons (Fsp3) is 0.0833. The summed E-state index contributed by atoms with van der Waals surface area (Å²) in [4.78, 5) is 46.8. The summed E-state index contributed by atoms with van der Waals surface area (Å²) in [5.41, 5.74) is 0.526. The summed E-state index contributed by atoms with van der Waals surface area (Å²) in [5, 5.41) is 22.8. The van der Waals surface area contributed by atoms with Crippen molar-refractivity contribution < 1.29 is 29.4 Å². The van der Waals surface area contributed by atoms with Crippen LogP contribution in [0.25, 0.3) is 0 Å². The zero-order chi connectivity index (χ0) is 24.3. The van der Waals surface area contributed by atoms with E-state index in [-0.39, 0.29) is 28.0 Å². The summed E-state index contributed by atoms with van der Waals surface area (Å²) in [7, 11) is 0. The molecule has 0 aliphatic heterocycles. The zero-order valence-corrected chi connectivity index (χ0v) is 17.7. The third kappa shape index (κ3) is 7.42. The molecule has 0 radical (unpaired) electrons. The molecule has 0 aromatic heterocycles. The summed E-state index contributed by atoms with van der Waals surface area (Å²) in [6, 6.07) is 11.6. The first-order chi connectivity index (χ1) is 15.2. The summed E-state index contributed by atoms with van der Waals surface area (Å²) in [6.45, 7) is 10.9. The number of anilines is 1. The Morgan fingerprint density at radius 3 is 1.84 bits per heavy atom. The van der Waals surface area contributed by atoms with Gasteiger partial charge in [-0.1, -0.05) is 39.1 Å². The Balaban J connectivity index is 0.00000249. The van der Waals surface area contributed by atoms with Crippen molar-refractivity contribution in [2.24, 2.45) is 0 Å². The summed E-state index contributed by atoms with van der Waals surface area (Å²) in [5.74, 6) is -3.47. The van der Waals surface area contributed by atoms with Crippen LogP contribution in [0.15, 0.2) is 85.1 Å². The van der Waals surface area contributed by atoms with E-state index in [0.717, 1.165) is 0 Å². The van der Waals surface area contributed by atoms with Crippen LogP contribution in [0.3, 0.4) is 0 Å². The van der Waals surface area contributed by atoms with E-state index < -0.39 is 23.8 Å². The molecule has 0 unspecified atom stereocenters. The van der Waals surface area contributed by atoms with Crippen LogP contribution in [-0.4, -0.2) is 34.0 Å². The number of carboxylic acid groups (broad SMARTS) is 2. The first-order valence-electron chi connectivity index (χ1n) is 9.53. The number of carbonyl (C=O) groups is 4. The van der Waals surface area contributed by atoms with Gasteiger partial charge in [-0.3, -0.25) is 9.59 Å². The summed E-state index contributed by atoms with van der Waals surface area (Å²) in [6.07, 6.45) is 2.46. The minimum Gasteiger partial charge on any atom is -0.478 e. The second kappa shape index (κ2) is 12.3. The maximum absolute atomic E-state index is 12.6. The Labute approximate surface area is 185 Å². The van der Waals surface area contributed by atoms with Crippen LogP contribution in [0.5, 0.6) is 0 Å². The lowest BCUT2D eigenvalue weighted by atomic mass is 10.1. The Morgan fingerprint density at radius 2 is 1.34 bits per heavy atom. The van der Waals surface area contributed by atoms with Crippen LogP contribution in [0.2, 0.25) is 0 Å². The van der Waals surface area contributed by atoms with Crippen molar-refractivity contribution in [2.75, 3.05) is 5.32 Å². The highest BCUT2D eigenvalue weighted by molar-refractivity contribution is 6.12. The van der Waals surface area contributed by atoms with E-state index in [1.807, 2.05) is 13.8 Å². The number of rotatable bonds is 8. The molecule has 0 spiro atoms. The van der Waals surface area contributed by atoms with Crippen molar-refractivity contribution in [1.82, 2.24) is 5.32 Å². The van der Waals surface area contributed by atoms with Gasteiger partial charge in [0.05, 0.1) is 22.3 Å². The van der Waals surface area contributed by atoms with Gasteiger partial charge in [-0.05, 0) is 48.6 Å². The lowest BCUT2D eigenvalue weighted by molar-refractivity contribution is -0.132. The molecule has 2 amide bonds. The normalized spacial score (nSPS) is 9.81. The van der Waals surface area contributed by atoms with Gasteiger partial charge < -0.3 is 20.8 Å². The van der Waals surface area contributed by atoms with Crippen LogP contribution in [0, 0.1) is 0 Å². The molecule has 0 atom stereocenters. The number of carbonyl (C=O) groups excluding carboxylic acids is 2. The fourth-order valence-corrected chi connectivity index (χ4v) is 2.30. The number of amides is 2. The number of aromatic carboxylic acids is 1. The van der Waals surface area contributed by atoms with Gasteiger partial charge in [0.2, 0.25) is 0 Å². The SMILES string of the molecule is C=C(/C=C\C(=C)C(=O)O)NC(=O)c1ccccc1C(=O)Nc1ccc(C(=O)O)cc1.CC. The minimum absolute atomic E-state index is 0.0729. The lowest BCUT2D eigenvalue weighted by Gasteiger charge is -2.11. The topological polar surface area (TPSA) is 133 Å². The predicted octanol–water partition coefficient (Wildman–Crippen LogP) is 4.10. The van der Waals surface area contributed by atoms with Crippen molar-refractivity contribution >= 4 is 29.4 Å². The number of allylic oxidation sites excluding steroid dienone is 1. The van der Waals surface area contributed by atoms with E-state index in [0.29, 0.717) is 5.69 Å². The quantitative estimate of drug-likeness (QED) is 0.364. The van der Waals surface area contributed by atoms with Gasteiger partial charge in [0, 0.05) is 11.4 Å². The van der Waals surface area contributed by atoms with Gasteiger partial charge in [0.25, 0.3) is 11.8 Å². The maximum atomic E-state index is 12.6. The highest BCUT2D eigenvalue weighted by Gasteiger charge is 2.17. The first-order valence-corrected chi connectivity index (χ1v) is 9.53. The molecule has 8 nitrogen and oxygen atoms in total. The average molecular weight is 436 g/mol. The van der Waals surface area contributed by atoms with Crippen LogP contribution >= 0.6 is 0 Å². The number of aliphatic carboxylic acids is 1. The average Bonchev–Trinajstić information content (AvgIpc) is 2.79. The molecule has 0 heterocycles. The molecule has 166 valence electrons. The molecule has 0 saturated carbocycles. The van der Waals surface area contributed by atoms with Crippen LogP contribution in [0.4, 0.5) is 5.69 Å². The molecular weight excluding hydrogens is 412 g/mol. The number of nitrogens with one attached hydrogen (secondary N) is 2. The number of hydrogen-bond donors (Lipinski definition) is 4. The molecule has 0 aliphatic rings. The van der Waals surface area contributed by atoms with E-state index in [4.69, 9.17) is 10.2 Å². The van der Waals surface area contributed by atoms with E-state index in [1.165, 1.54) is 48.6 Å². The predicted molar refractivity (Wildman–Crippen MR) is 122 cm³/mol. The molecule has 0 aliphatic carbocycles. The monoisotopic (exact) mass is 436 g/mol. The maximum Gasteiger partial charge on any atom is 0.335 e. The van der Waals surface area contributed by atoms with E-state index >= 15 is 0 Å². The van der Waals surface area contributed by atoms with Crippen molar-refractivity contribution in [3.63, 3.8) is 0 Å². The zero-order valence-electron chi connectivity index (χ0n) is 17.7. The molecule has 4 N–H and O–H groups in total. The first kappa shape index (κ1) is 25.6. The summed E-state index contributed by atoms with van der Waals surface area (Å²) < 4.78 is 0. The van der Waals surface area contributed by atoms with Gasteiger partial charge in [0.1, 0.15) is 0 Å².